The van der Waals surface area contributed by atoms with Crippen molar-refractivity contribution in [2.45, 2.75) is 17.0 Å². The summed E-state index contributed by atoms with van der Waals surface area (Å²) in [7, 11) is 0. The Morgan fingerprint density at radius 3 is 3.00 bits per heavy atom. The van der Waals surface area contributed by atoms with Gasteiger partial charge in [0, 0.05) is 16.9 Å². The lowest BCUT2D eigenvalue weighted by Gasteiger charge is -2.04. The van der Waals surface area contributed by atoms with Gasteiger partial charge in [-0.15, -0.1) is 10.2 Å². The average Bonchev–Trinajstić information content (AvgIpc) is 2.80. The van der Waals surface area contributed by atoms with Crippen LogP contribution in [0, 0.1) is 0 Å². The van der Waals surface area contributed by atoms with E-state index >= 15 is 0 Å². The van der Waals surface area contributed by atoms with Crippen molar-refractivity contribution in [2.24, 2.45) is 0 Å². The second-order valence-corrected chi connectivity index (χ2v) is 5.45. The molecule has 0 aliphatic carbocycles. The van der Waals surface area contributed by atoms with Gasteiger partial charge in [-0.2, -0.15) is 0 Å². The molecule has 1 aromatic heterocycles. The minimum absolute atomic E-state index is 0.00725. The molecule has 0 fully saturated rings. The maximum Gasteiger partial charge on any atom is 0.174 e. The molecular weight excluding hydrogens is 256 g/mol. The van der Waals surface area contributed by atoms with Gasteiger partial charge in [0.25, 0.3) is 0 Å². The zero-order valence-corrected chi connectivity index (χ0v) is 10.7. The molecule has 17 heavy (non-hydrogen) atoms. The number of nitrogens with zero attached hydrogens (tertiary/aromatic N) is 2. The summed E-state index contributed by atoms with van der Waals surface area (Å²) in [4.78, 5) is 11.2. The molecule has 0 unspecified atom stereocenters. The number of aromatic nitrogens is 2. The van der Waals surface area contributed by atoms with E-state index in [9.17, 15) is 9.90 Å². The molecule has 0 atom stereocenters. The summed E-state index contributed by atoms with van der Waals surface area (Å²) in [6.07, 6.45) is 0. The molecule has 4 nitrogen and oxygen atoms in total. The van der Waals surface area contributed by atoms with Crippen molar-refractivity contribution in [1.29, 1.82) is 0 Å². The number of hydrogen-bond donors (Lipinski definition) is 1. The Kier molecular flexibility index (Phi) is 3.75. The number of rotatable bonds is 4. The summed E-state index contributed by atoms with van der Waals surface area (Å²) in [5.41, 5.74) is 3.00. The van der Waals surface area contributed by atoms with Gasteiger partial charge in [0.2, 0.25) is 0 Å². The highest BCUT2D eigenvalue weighted by Gasteiger charge is 2.07. The van der Waals surface area contributed by atoms with Crippen LogP contribution in [0.2, 0.25) is 0 Å². The van der Waals surface area contributed by atoms with Crippen LogP contribution in [0.25, 0.3) is 0 Å². The van der Waals surface area contributed by atoms with Crippen molar-refractivity contribution in [3.8, 4) is 5.75 Å². The summed E-state index contributed by atoms with van der Waals surface area (Å²) >= 11 is 2.94. The maximum absolute atomic E-state index is 11.2. The number of benzene rings is 1. The summed E-state index contributed by atoms with van der Waals surface area (Å²) in [6, 6.07) is 4.88. The predicted molar refractivity (Wildman–Crippen MR) is 67.6 cm³/mol. The largest absolute Gasteiger partial charge is 0.508 e. The highest BCUT2D eigenvalue weighted by atomic mass is 32.2. The second-order valence-electron chi connectivity index (χ2n) is 3.39. The lowest BCUT2D eigenvalue weighted by Crippen LogP contribution is -1.93. The number of phenols is 1. The minimum Gasteiger partial charge on any atom is -0.508 e. The van der Waals surface area contributed by atoms with Crippen LogP contribution in [-0.2, 0) is 5.75 Å². The number of carbonyl (C=O) groups is 1. The minimum atomic E-state index is -0.00725. The molecule has 0 amide bonds. The van der Waals surface area contributed by atoms with Crippen molar-refractivity contribution in [3.05, 3.63) is 34.8 Å². The summed E-state index contributed by atoms with van der Waals surface area (Å²) in [5, 5.41) is 17.3. The van der Waals surface area contributed by atoms with Crippen LogP contribution in [0.1, 0.15) is 22.8 Å². The standard InChI is InChI=1S/C11H10N2O2S2/c1-7(14)8-2-3-10(15)9(4-8)5-16-11-13-12-6-17-11/h2-4,6,15H,5H2,1H3. The molecule has 2 aromatic rings. The summed E-state index contributed by atoms with van der Waals surface area (Å²) < 4.78 is 0.845. The monoisotopic (exact) mass is 266 g/mol. The molecule has 0 radical (unpaired) electrons. The lowest BCUT2D eigenvalue weighted by atomic mass is 10.1. The van der Waals surface area contributed by atoms with Crippen molar-refractivity contribution in [2.75, 3.05) is 0 Å². The number of carbonyl (C=O) groups excluding carboxylic acids is 1. The molecule has 0 spiro atoms. The van der Waals surface area contributed by atoms with E-state index in [2.05, 4.69) is 10.2 Å². The van der Waals surface area contributed by atoms with Crippen molar-refractivity contribution < 1.29 is 9.90 Å². The van der Waals surface area contributed by atoms with Crippen molar-refractivity contribution >= 4 is 28.9 Å². The SMILES string of the molecule is CC(=O)c1ccc(O)c(CSc2nncs2)c1. The third kappa shape index (κ3) is 3.04. The zero-order valence-electron chi connectivity index (χ0n) is 9.08. The first kappa shape index (κ1) is 12.1. The quantitative estimate of drug-likeness (QED) is 0.681. The van der Waals surface area contributed by atoms with Gasteiger partial charge >= 0.3 is 0 Å². The van der Waals surface area contributed by atoms with E-state index in [0.717, 1.165) is 9.90 Å². The first-order valence-corrected chi connectivity index (χ1v) is 6.75. The highest BCUT2D eigenvalue weighted by molar-refractivity contribution is 8.00. The lowest BCUT2D eigenvalue weighted by molar-refractivity contribution is 0.101. The summed E-state index contributed by atoms with van der Waals surface area (Å²) in [5.74, 6) is 0.765. The van der Waals surface area contributed by atoms with Gasteiger partial charge in [-0.25, -0.2) is 0 Å². The van der Waals surface area contributed by atoms with Crippen LogP contribution in [0.15, 0.2) is 28.0 Å². The number of hydrogen-bond acceptors (Lipinski definition) is 6. The molecule has 88 valence electrons. The van der Waals surface area contributed by atoms with Crippen LogP contribution in [0.3, 0.4) is 0 Å². The second kappa shape index (κ2) is 5.29. The number of thioether (sulfide) groups is 1. The number of aromatic hydroxyl groups is 1. The van der Waals surface area contributed by atoms with Gasteiger partial charge in [-0.3, -0.25) is 4.79 Å². The van der Waals surface area contributed by atoms with E-state index in [0.29, 0.717) is 11.3 Å². The molecule has 6 heteroatoms. The van der Waals surface area contributed by atoms with E-state index in [1.807, 2.05) is 0 Å². The Labute approximate surface area is 107 Å². The third-order valence-electron chi connectivity index (χ3n) is 2.18. The molecule has 0 aliphatic rings. The van der Waals surface area contributed by atoms with E-state index in [-0.39, 0.29) is 11.5 Å². The highest BCUT2D eigenvalue weighted by Crippen LogP contribution is 2.28. The maximum atomic E-state index is 11.2. The van der Waals surface area contributed by atoms with Gasteiger partial charge in [-0.05, 0) is 25.1 Å². The van der Waals surface area contributed by atoms with E-state index in [1.165, 1.54) is 30.0 Å². The van der Waals surface area contributed by atoms with Gasteiger partial charge < -0.3 is 5.11 Å². The van der Waals surface area contributed by atoms with E-state index in [4.69, 9.17) is 0 Å². The molecule has 0 bridgehead atoms. The molecule has 0 saturated carbocycles. The Balaban J connectivity index is 2.14. The van der Waals surface area contributed by atoms with Crippen LogP contribution < -0.4 is 0 Å². The number of ketones is 1. The molecular formula is C11H10N2O2S2. The summed E-state index contributed by atoms with van der Waals surface area (Å²) in [6.45, 7) is 1.51. The van der Waals surface area contributed by atoms with Gasteiger partial charge in [0.05, 0.1) is 0 Å². The molecule has 1 N–H and O–H groups in total. The van der Waals surface area contributed by atoms with E-state index < -0.39 is 0 Å². The number of phenolic OH excluding ortho intramolecular Hbond substituents is 1. The first-order chi connectivity index (χ1) is 8.16. The Morgan fingerprint density at radius 2 is 2.35 bits per heavy atom. The van der Waals surface area contributed by atoms with Crippen molar-refractivity contribution in [3.63, 3.8) is 0 Å². The van der Waals surface area contributed by atoms with Gasteiger partial charge in [0.1, 0.15) is 11.3 Å². The fraction of sp³-hybridized carbons (Fsp3) is 0.182. The predicted octanol–water partition coefficient (Wildman–Crippen LogP) is 2.74. The first-order valence-electron chi connectivity index (χ1n) is 4.88. The van der Waals surface area contributed by atoms with Crippen LogP contribution in [0.4, 0.5) is 0 Å². The van der Waals surface area contributed by atoms with Gasteiger partial charge in [-0.1, -0.05) is 23.1 Å². The molecule has 0 saturated heterocycles. The zero-order chi connectivity index (χ0) is 12.3. The fourth-order valence-corrected chi connectivity index (χ4v) is 2.76. The molecule has 0 aliphatic heterocycles. The van der Waals surface area contributed by atoms with E-state index in [1.54, 1.807) is 23.7 Å². The van der Waals surface area contributed by atoms with Crippen molar-refractivity contribution in [1.82, 2.24) is 10.2 Å². The molecule has 1 heterocycles. The number of Topliss-reactive ketones (excluding diaryl/α,β-unsaturated/α-hetero) is 1. The topological polar surface area (TPSA) is 63.1 Å². The Bertz CT molecular complexity index is 526. The fourth-order valence-electron chi connectivity index (χ4n) is 1.29. The van der Waals surface area contributed by atoms with Crippen LogP contribution in [-0.4, -0.2) is 21.1 Å². The third-order valence-corrected chi connectivity index (χ3v) is 4.09. The smallest absolute Gasteiger partial charge is 0.174 e. The normalized spacial score (nSPS) is 10.4. The molecule has 1 aromatic carbocycles. The molecule has 2 rings (SSSR count). The van der Waals surface area contributed by atoms with Crippen LogP contribution in [0.5, 0.6) is 5.75 Å². The Hall–Kier alpha value is -1.40. The Morgan fingerprint density at radius 1 is 1.53 bits per heavy atom. The average molecular weight is 266 g/mol. The van der Waals surface area contributed by atoms with Crippen LogP contribution >= 0.6 is 23.1 Å². The van der Waals surface area contributed by atoms with Gasteiger partial charge in [0.15, 0.2) is 10.1 Å².